The zero-order valence-corrected chi connectivity index (χ0v) is 30.6. The van der Waals surface area contributed by atoms with Gasteiger partial charge in [0.05, 0.1) is 0 Å². The molecule has 245 valence electrons. The van der Waals surface area contributed by atoms with E-state index in [9.17, 15) is 0 Å². The number of fused-ring (bicyclic) bond motifs is 1. The zero-order chi connectivity index (χ0) is 33.6. The normalized spacial score (nSPS) is 10.5. The first-order valence-corrected chi connectivity index (χ1v) is 16.4. The maximum Gasteiger partial charge on any atom is 0.0353 e. The van der Waals surface area contributed by atoms with Crippen molar-refractivity contribution < 1.29 is 20.1 Å². The fraction of sp³-hybridized carbons (Fsp3) is 0.0652. The van der Waals surface area contributed by atoms with Crippen LogP contribution in [0.2, 0.25) is 0 Å². The second kappa shape index (κ2) is 15.8. The molecule has 0 saturated carbocycles. The van der Waals surface area contributed by atoms with Gasteiger partial charge in [0.15, 0.2) is 0 Å². The third-order valence-corrected chi connectivity index (χ3v) is 8.57. The van der Waals surface area contributed by atoms with Gasteiger partial charge >= 0.3 is 0 Å². The van der Waals surface area contributed by atoms with Crippen LogP contribution in [-0.2, 0) is 20.1 Å². The molecular weight excluding hydrogens is 787 g/mol. The predicted molar refractivity (Wildman–Crippen MR) is 203 cm³/mol. The molecule has 0 unspecified atom stereocenters. The number of aryl methyl sites for hydroxylation is 3. The van der Waals surface area contributed by atoms with Crippen LogP contribution in [0.5, 0.6) is 0 Å². The summed E-state index contributed by atoms with van der Waals surface area (Å²) in [6.07, 6.45) is 7.67. The standard InChI is InChI=1S/C34H25N2.C12H10N.Ir/c1-23-11-13-26(14-12-23)29-15-16-30(27-9-6-10-28(20-27)33-19-24(2)17-18-36-33)34-31(21-35-22-32(29)34)25-7-4-3-5-8-25;1-10-7-8-13-12(9-10)11-5-3-2-4-6-11;/h3-9,11-22H,1-2H3;2-5,7-9H,1H3;/q2*-1;. The molecule has 0 aliphatic carbocycles. The average molecular weight is 822 g/mol. The predicted octanol–water partition coefficient (Wildman–Crippen LogP) is 11.6. The van der Waals surface area contributed by atoms with Gasteiger partial charge in [-0.3, -0.25) is 4.98 Å². The molecule has 0 atom stereocenters. The summed E-state index contributed by atoms with van der Waals surface area (Å²) >= 11 is 0. The van der Waals surface area contributed by atoms with E-state index in [-0.39, 0.29) is 20.1 Å². The summed E-state index contributed by atoms with van der Waals surface area (Å²) < 4.78 is 0. The largest absolute Gasteiger partial charge is 0.305 e. The van der Waals surface area contributed by atoms with Crippen molar-refractivity contribution in [2.75, 3.05) is 0 Å². The summed E-state index contributed by atoms with van der Waals surface area (Å²) in [6, 6.07) is 52.6. The Morgan fingerprint density at radius 2 is 1.10 bits per heavy atom. The summed E-state index contributed by atoms with van der Waals surface area (Å²) in [7, 11) is 0. The molecule has 3 aromatic heterocycles. The van der Waals surface area contributed by atoms with Crippen molar-refractivity contribution in [3.05, 3.63) is 187 Å². The molecule has 0 fully saturated rings. The van der Waals surface area contributed by atoms with E-state index in [1.165, 1.54) is 38.8 Å². The molecule has 8 aromatic rings. The summed E-state index contributed by atoms with van der Waals surface area (Å²) in [4.78, 5) is 13.6. The minimum Gasteiger partial charge on any atom is -0.305 e. The van der Waals surface area contributed by atoms with Crippen molar-refractivity contribution in [2.24, 2.45) is 0 Å². The van der Waals surface area contributed by atoms with Crippen LogP contribution >= 0.6 is 0 Å². The van der Waals surface area contributed by atoms with E-state index >= 15 is 0 Å². The number of hydrogen-bond donors (Lipinski definition) is 0. The first-order chi connectivity index (χ1) is 24.0. The number of aromatic nitrogens is 3. The number of rotatable bonds is 5. The maximum atomic E-state index is 4.69. The van der Waals surface area contributed by atoms with Crippen LogP contribution in [0.15, 0.2) is 158 Å². The van der Waals surface area contributed by atoms with Crippen molar-refractivity contribution in [3.63, 3.8) is 0 Å². The third kappa shape index (κ3) is 7.68. The van der Waals surface area contributed by atoms with Crippen LogP contribution in [0.1, 0.15) is 16.7 Å². The van der Waals surface area contributed by atoms with Gasteiger partial charge in [-0.15, -0.1) is 71.3 Å². The monoisotopic (exact) mass is 822 g/mol. The molecule has 1 radical (unpaired) electrons. The minimum absolute atomic E-state index is 0. The number of hydrogen-bond acceptors (Lipinski definition) is 3. The molecule has 0 N–H and O–H groups in total. The van der Waals surface area contributed by atoms with Gasteiger partial charge in [-0.2, -0.15) is 0 Å². The van der Waals surface area contributed by atoms with Crippen molar-refractivity contribution in [2.45, 2.75) is 20.8 Å². The Labute approximate surface area is 308 Å². The van der Waals surface area contributed by atoms with Gasteiger partial charge in [-0.25, -0.2) is 0 Å². The van der Waals surface area contributed by atoms with E-state index in [1.807, 2.05) is 67.3 Å². The molecule has 3 nitrogen and oxygen atoms in total. The van der Waals surface area contributed by atoms with Crippen molar-refractivity contribution in [3.8, 4) is 55.9 Å². The molecule has 3 heterocycles. The summed E-state index contributed by atoms with van der Waals surface area (Å²) in [5.74, 6) is 0. The Bertz CT molecular complexity index is 2350. The summed E-state index contributed by atoms with van der Waals surface area (Å²) in [5.41, 5.74) is 14.6. The topological polar surface area (TPSA) is 38.7 Å². The van der Waals surface area contributed by atoms with Gasteiger partial charge in [0.2, 0.25) is 0 Å². The second-order valence-corrected chi connectivity index (χ2v) is 12.2. The molecule has 4 heteroatoms. The van der Waals surface area contributed by atoms with Gasteiger partial charge in [0, 0.05) is 55.8 Å². The number of nitrogens with zero attached hydrogens (tertiary/aromatic N) is 3. The van der Waals surface area contributed by atoms with E-state index in [4.69, 9.17) is 0 Å². The van der Waals surface area contributed by atoms with Crippen LogP contribution < -0.4 is 0 Å². The van der Waals surface area contributed by atoms with Crippen molar-refractivity contribution >= 4 is 10.8 Å². The molecule has 50 heavy (non-hydrogen) atoms. The summed E-state index contributed by atoms with van der Waals surface area (Å²) in [6.45, 7) is 6.27. The molecular formula is C46H35IrN3-2. The number of benzene rings is 5. The third-order valence-electron chi connectivity index (χ3n) is 8.57. The van der Waals surface area contributed by atoms with Gasteiger partial charge in [-0.1, -0.05) is 95.6 Å². The van der Waals surface area contributed by atoms with Crippen LogP contribution in [0.4, 0.5) is 0 Å². The first kappa shape index (κ1) is 34.3. The van der Waals surface area contributed by atoms with Crippen LogP contribution in [0, 0.1) is 32.9 Å². The molecule has 0 aliphatic rings. The van der Waals surface area contributed by atoms with Crippen LogP contribution in [0.3, 0.4) is 0 Å². The fourth-order valence-corrected chi connectivity index (χ4v) is 6.06. The molecule has 0 amide bonds. The zero-order valence-electron chi connectivity index (χ0n) is 28.2. The second-order valence-electron chi connectivity index (χ2n) is 12.2. The van der Waals surface area contributed by atoms with Crippen LogP contribution in [0.25, 0.3) is 66.7 Å². The molecule has 0 spiro atoms. The van der Waals surface area contributed by atoms with E-state index in [1.54, 1.807) is 0 Å². The maximum absolute atomic E-state index is 4.69. The smallest absolute Gasteiger partial charge is 0.0353 e. The van der Waals surface area contributed by atoms with Gasteiger partial charge < -0.3 is 9.97 Å². The van der Waals surface area contributed by atoms with Crippen molar-refractivity contribution in [1.82, 2.24) is 15.0 Å². The first-order valence-electron chi connectivity index (χ1n) is 16.4. The molecule has 0 aliphatic heterocycles. The fourth-order valence-electron chi connectivity index (χ4n) is 6.06. The van der Waals surface area contributed by atoms with E-state index in [0.29, 0.717) is 0 Å². The van der Waals surface area contributed by atoms with E-state index in [0.717, 1.165) is 44.6 Å². The average Bonchev–Trinajstić information content (AvgIpc) is 3.15. The number of pyridine rings is 3. The van der Waals surface area contributed by atoms with E-state index < -0.39 is 0 Å². The molecule has 0 saturated heterocycles. The molecule has 5 aromatic carbocycles. The van der Waals surface area contributed by atoms with Crippen LogP contribution in [-0.4, -0.2) is 15.0 Å². The summed E-state index contributed by atoms with van der Waals surface area (Å²) in [5, 5.41) is 2.34. The Kier molecular flexibility index (Phi) is 10.8. The SMILES string of the molecule is Cc1ccc(-c2ccc(-c3cc[c-]c(-c4cc(C)ccn4)c3)c3c(-c4ccccc4)cncc23)cc1.Cc1ccnc(-c2[c-]cccc2)c1.[Ir]. The molecule has 0 bridgehead atoms. The Morgan fingerprint density at radius 1 is 0.460 bits per heavy atom. The Balaban J connectivity index is 0.000000260. The van der Waals surface area contributed by atoms with Gasteiger partial charge in [0.25, 0.3) is 0 Å². The minimum atomic E-state index is 0. The Hall–Kier alpha value is -5.54. The quantitative estimate of drug-likeness (QED) is 0.162. The van der Waals surface area contributed by atoms with Crippen molar-refractivity contribution in [1.29, 1.82) is 0 Å². The van der Waals surface area contributed by atoms with Gasteiger partial charge in [0.1, 0.15) is 0 Å². The Morgan fingerprint density at radius 3 is 1.78 bits per heavy atom. The van der Waals surface area contributed by atoms with Gasteiger partial charge in [-0.05, 0) is 71.9 Å². The van der Waals surface area contributed by atoms with E-state index in [2.05, 4.69) is 139 Å². The molecule has 8 rings (SSSR count).